The van der Waals surface area contributed by atoms with Crippen LogP contribution >= 0.6 is 0 Å². The van der Waals surface area contributed by atoms with Crippen LogP contribution in [0.25, 0.3) is 0 Å². The van der Waals surface area contributed by atoms with E-state index in [1.807, 2.05) is 30.3 Å². The average Bonchev–Trinajstić information content (AvgIpc) is 2.48. The predicted molar refractivity (Wildman–Crippen MR) is 56.3 cm³/mol. The van der Waals surface area contributed by atoms with Gasteiger partial charge in [-0.2, -0.15) is 0 Å². The van der Waals surface area contributed by atoms with Gasteiger partial charge in [-0.1, -0.05) is 35.5 Å². The summed E-state index contributed by atoms with van der Waals surface area (Å²) in [5.74, 6) is -0.483. The molecule has 1 atom stereocenters. The van der Waals surface area contributed by atoms with Crippen LogP contribution in [0.3, 0.4) is 0 Å². The molecule has 2 rings (SSSR count). The highest BCUT2D eigenvalue weighted by Crippen LogP contribution is 2.19. The summed E-state index contributed by atoms with van der Waals surface area (Å²) in [4.78, 5) is 16.0. The number of hydrogen-bond donors (Lipinski definition) is 1. The van der Waals surface area contributed by atoms with Crippen LogP contribution in [0, 0.1) is 0 Å². The standard InChI is InChI=1S/C11H12N2O2/c1-8-11(12,10(14)15-13-8)7-9-5-3-2-4-6-9/h2-6H,7,12H2,1H3. The maximum atomic E-state index is 11.4. The molecule has 78 valence electrons. The Kier molecular flexibility index (Phi) is 2.28. The summed E-state index contributed by atoms with van der Waals surface area (Å²) in [6, 6.07) is 9.58. The first-order valence-corrected chi connectivity index (χ1v) is 4.72. The normalized spacial score (nSPS) is 24.9. The van der Waals surface area contributed by atoms with Gasteiger partial charge >= 0.3 is 5.97 Å². The highest BCUT2D eigenvalue weighted by atomic mass is 16.7. The summed E-state index contributed by atoms with van der Waals surface area (Å²) in [5.41, 5.74) is 6.40. The predicted octanol–water partition coefficient (Wildman–Crippen LogP) is 0.859. The SMILES string of the molecule is CC1=NOC(=O)C1(N)Cc1ccccc1. The third-order valence-corrected chi connectivity index (χ3v) is 2.60. The molecule has 15 heavy (non-hydrogen) atoms. The molecule has 1 unspecified atom stereocenters. The minimum atomic E-state index is -1.10. The molecule has 0 saturated carbocycles. The van der Waals surface area contributed by atoms with E-state index in [2.05, 4.69) is 9.99 Å². The van der Waals surface area contributed by atoms with E-state index in [4.69, 9.17) is 5.73 Å². The number of carbonyl (C=O) groups is 1. The average molecular weight is 204 g/mol. The first-order valence-electron chi connectivity index (χ1n) is 4.72. The van der Waals surface area contributed by atoms with Gasteiger partial charge in [0.2, 0.25) is 0 Å². The van der Waals surface area contributed by atoms with Crippen molar-refractivity contribution in [3.8, 4) is 0 Å². The zero-order valence-corrected chi connectivity index (χ0v) is 8.43. The van der Waals surface area contributed by atoms with Crippen LogP contribution in [0.1, 0.15) is 12.5 Å². The molecule has 0 aliphatic carbocycles. The van der Waals surface area contributed by atoms with Gasteiger partial charge in [0.25, 0.3) is 0 Å². The Morgan fingerprint density at radius 3 is 2.60 bits per heavy atom. The van der Waals surface area contributed by atoms with E-state index in [1.165, 1.54) is 0 Å². The van der Waals surface area contributed by atoms with Gasteiger partial charge in [-0.3, -0.25) is 0 Å². The van der Waals surface area contributed by atoms with E-state index in [0.29, 0.717) is 12.1 Å². The van der Waals surface area contributed by atoms with Gasteiger partial charge in [0.05, 0.1) is 5.71 Å². The van der Waals surface area contributed by atoms with Crippen molar-refractivity contribution in [2.24, 2.45) is 10.9 Å². The lowest BCUT2D eigenvalue weighted by Crippen LogP contribution is -2.52. The molecule has 4 nitrogen and oxygen atoms in total. The number of nitrogens with zero attached hydrogens (tertiary/aromatic N) is 1. The Labute approximate surface area is 87.7 Å². The van der Waals surface area contributed by atoms with Gasteiger partial charge in [-0.25, -0.2) is 4.79 Å². The molecule has 4 heteroatoms. The fourth-order valence-electron chi connectivity index (χ4n) is 1.54. The molecule has 0 amide bonds. The van der Waals surface area contributed by atoms with E-state index in [-0.39, 0.29) is 0 Å². The number of oxime groups is 1. The number of rotatable bonds is 2. The van der Waals surface area contributed by atoms with Crippen molar-refractivity contribution in [2.75, 3.05) is 0 Å². The van der Waals surface area contributed by atoms with Crippen molar-refractivity contribution in [1.29, 1.82) is 0 Å². The minimum absolute atomic E-state index is 0.419. The van der Waals surface area contributed by atoms with Crippen LogP contribution < -0.4 is 5.73 Å². The molecule has 1 aromatic rings. The van der Waals surface area contributed by atoms with E-state index in [9.17, 15) is 4.79 Å². The van der Waals surface area contributed by atoms with Crippen molar-refractivity contribution in [3.05, 3.63) is 35.9 Å². The maximum Gasteiger partial charge on any atom is 0.360 e. The number of nitrogens with two attached hydrogens (primary N) is 1. The summed E-state index contributed by atoms with van der Waals surface area (Å²) in [7, 11) is 0. The topological polar surface area (TPSA) is 64.7 Å². The Hall–Kier alpha value is -1.68. The van der Waals surface area contributed by atoms with Crippen LogP contribution in [0.15, 0.2) is 35.5 Å². The van der Waals surface area contributed by atoms with Crippen molar-refractivity contribution < 1.29 is 9.63 Å². The van der Waals surface area contributed by atoms with Gasteiger partial charge in [-0.15, -0.1) is 0 Å². The third-order valence-electron chi connectivity index (χ3n) is 2.60. The maximum absolute atomic E-state index is 11.4. The molecular formula is C11H12N2O2. The quantitative estimate of drug-likeness (QED) is 0.726. The van der Waals surface area contributed by atoms with Crippen molar-refractivity contribution in [2.45, 2.75) is 18.9 Å². The lowest BCUT2D eigenvalue weighted by molar-refractivity contribution is -0.144. The minimum Gasteiger partial charge on any atom is -0.316 e. The first-order chi connectivity index (χ1) is 7.13. The molecule has 2 N–H and O–H groups in total. The van der Waals surface area contributed by atoms with E-state index in [1.54, 1.807) is 6.92 Å². The van der Waals surface area contributed by atoms with Crippen molar-refractivity contribution >= 4 is 11.7 Å². The smallest absolute Gasteiger partial charge is 0.316 e. The molecule has 0 saturated heterocycles. The molecule has 0 spiro atoms. The van der Waals surface area contributed by atoms with Gasteiger partial charge < -0.3 is 10.6 Å². The summed E-state index contributed by atoms with van der Waals surface area (Å²) in [6.45, 7) is 1.70. The van der Waals surface area contributed by atoms with Crippen LogP contribution in [-0.4, -0.2) is 17.2 Å². The van der Waals surface area contributed by atoms with Crippen molar-refractivity contribution in [1.82, 2.24) is 0 Å². The number of carbonyl (C=O) groups excluding carboxylic acids is 1. The Morgan fingerprint density at radius 2 is 2.07 bits per heavy atom. The highest BCUT2D eigenvalue weighted by Gasteiger charge is 2.44. The monoisotopic (exact) mass is 204 g/mol. The van der Waals surface area contributed by atoms with Gasteiger partial charge in [-0.05, 0) is 12.5 Å². The summed E-state index contributed by atoms with van der Waals surface area (Å²) < 4.78 is 0. The van der Waals surface area contributed by atoms with E-state index >= 15 is 0 Å². The summed E-state index contributed by atoms with van der Waals surface area (Å²) in [5, 5.41) is 3.61. The van der Waals surface area contributed by atoms with Crippen LogP contribution in [0.5, 0.6) is 0 Å². The Bertz CT molecular complexity index is 414. The summed E-state index contributed by atoms with van der Waals surface area (Å²) in [6.07, 6.45) is 0.419. The van der Waals surface area contributed by atoms with E-state index in [0.717, 1.165) is 5.56 Å². The zero-order chi connectivity index (χ0) is 10.9. The Morgan fingerprint density at radius 1 is 1.40 bits per heavy atom. The molecular weight excluding hydrogens is 192 g/mol. The molecule has 1 heterocycles. The zero-order valence-electron chi connectivity index (χ0n) is 8.43. The number of benzene rings is 1. The molecule has 1 aromatic carbocycles. The molecule has 0 radical (unpaired) electrons. The highest BCUT2D eigenvalue weighted by molar-refractivity contribution is 6.12. The largest absolute Gasteiger partial charge is 0.360 e. The lowest BCUT2D eigenvalue weighted by atomic mass is 9.88. The van der Waals surface area contributed by atoms with Crippen LogP contribution in [0.4, 0.5) is 0 Å². The van der Waals surface area contributed by atoms with Gasteiger partial charge in [0.1, 0.15) is 0 Å². The summed E-state index contributed by atoms with van der Waals surface area (Å²) >= 11 is 0. The van der Waals surface area contributed by atoms with Crippen LogP contribution in [0.2, 0.25) is 0 Å². The molecule has 1 aliphatic rings. The first kappa shape index (κ1) is 9.86. The molecule has 0 bridgehead atoms. The fraction of sp³-hybridized carbons (Fsp3) is 0.273. The van der Waals surface area contributed by atoms with Gasteiger partial charge in [0.15, 0.2) is 5.54 Å². The van der Waals surface area contributed by atoms with Gasteiger partial charge in [0, 0.05) is 6.42 Å². The number of hydrogen-bond acceptors (Lipinski definition) is 4. The molecule has 0 aromatic heterocycles. The fourth-order valence-corrected chi connectivity index (χ4v) is 1.54. The van der Waals surface area contributed by atoms with Crippen molar-refractivity contribution in [3.63, 3.8) is 0 Å². The van der Waals surface area contributed by atoms with E-state index < -0.39 is 11.5 Å². The third kappa shape index (κ3) is 1.64. The lowest BCUT2D eigenvalue weighted by Gasteiger charge is -2.19. The Balaban J connectivity index is 2.25. The molecule has 1 aliphatic heterocycles. The second kappa shape index (κ2) is 3.47. The second-order valence-corrected chi connectivity index (χ2v) is 3.69. The second-order valence-electron chi connectivity index (χ2n) is 3.69. The molecule has 0 fully saturated rings. The van der Waals surface area contributed by atoms with Crippen LogP contribution in [-0.2, 0) is 16.1 Å².